The fourth-order valence-corrected chi connectivity index (χ4v) is 2.24. The van der Waals surface area contributed by atoms with E-state index in [2.05, 4.69) is 15.3 Å². The number of nitrogens with one attached hydrogen (secondary N) is 1. The van der Waals surface area contributed by atoms with E-state index >= 15 is 0 Å². The minimum Gasteiger partial charge on any atom is -0.497 e. The zero-order valence-electron chi connectivity index (χ0n) is 15.1. The molecule has 1 aromatic carbocycles. The molecule has 2 rings (SSSR count). The molecule has 0 saturated heterocycles. The Kier molecular flexibility index (Phi) is 6.48. The molecule has 0 bridgehead atoms. The van der Waals surface area contributed by atoms with Crippen LogP contribution in [0.5, 0.6) is 11.5 Å². The molecule has 1 atom stereocenters. The minimum absolute atomic E-state index is 0.0471. The maximum atomic E-state index is 12.1. The summed E-state index contributed by atoms with van der Waals surface area (Å²) < 4.78 is 15.5. The van der Waals surface area contributed by atoms with E-state index in [4.69, 9.17) is 14.2 Å². The fraction of sp³-hybridized carbons (Fsp3) is 0.333. The van der Waals surface area contributed by atoms with Crippen LogP contribution in [0.1, 0.15) is 34.7 Å². The molecule has 26 heavy (non-hydrogen) atoms. The van der Waals surface area contributed by atoms with Crippen molar-refractivity contribution in [2.45, 2.75) is 19.9 Å². The van der Waals surface area contributed by atoms with Crippen molar-refractivity contribution in [3.8, 4) is 11.5 Å². The number of hydrogen-bond donors (Lipinski definition) is 1. The number of rotatable bonds is 7. The molecule has 8 nitrogen and oxygen atoms in total. The lowest BCUT2D eigenvalue weighted by Gasteiger charge is -2.18. The summed E-state index contributed by atoms with van der Waals surface area (Å²) in [6.45, 7) is 3.12. The van der Waals surface area contributed by atoms with Gasteiger partial charge in [-0.1, -0.05) is 0 Å². The van der Waals surface area contributed by atoms with Crippen LogP contribution in [0.3, 0.4) is 0 Å². The van der Waals surface area contributed by atoms with E-state index in [1.807, 2.05) is 0 Å². The summed E-state index contributed by atoms with van der Waals surface area (Å²) in [5.74, 6) is 0.104. The lowest BCUT2D eigenvalue weighted by atomic mass is 10.1. The molecule has 2 aromatic rings. The summed E-state index contributed by atoms with van der Waals surface area (Å²) in [6, 6.07) is 4.93. The molecule has 0 saturated carbocycles. The highest BCUT2D eigenvalue weighted by Gasteiger charge is 2.17. The summed E-state index contributed by atoms with van der Waals surface area (Å²) in [4.78, 5) is 31.8. The van der Waals surface area contributed by atoms with Crippen molar-refractivity contribution in [2.75, 3.05) is 20.8 Å². The van der Waals surface area contributed by atoms with Crippen molar-refractivity contribution < 1.29 is 23.8 Å². The summed E-state index contributed by atoms with van der Waals surface area (Å²) in [7, 11) is 3.10. The molecule has 0 aliphatic rings. The third-order valence-electron chi connectivity index (χ3n) is 3.61. The topological polar surface area (TPSA) is 99.6 Å². The van der Waals surface area contributed by atoms with E-state index in [1.54, 1.807) is 46.3 Å². The molecule has 0 radical (unpaired) electrons. The van der Waals surface area contributed by atoms with Gasteiger partial charge in [0.15, 0.2) is 12.3 Å². The number of amides is 1. The van der Waals surface area contributed by atoms with E-state index in [0.717, 1.165) is 5.56 Å². The van der Waals surface area contributed by atoms with Crippen molar-refractivity contribution in [2.24, 2.45) is 0 Å². The number of aromatic nitrogens is 2. The SMILES string of the molecule is COc1ccc(OC)c([C@H](C)NC(=O)COC(=O)c2cnc(C)cn2)c1. The number of benzene rings is 1. The molecule has 0 aliphatic heterocycles. The van der Waals surface area contributed by atoms with Gasteiger partial charge >= 0.3 is 5.97 Å². The quantitative estimate of drug-likeness (QED) is 0.753. The Hall–Kier alpha value is -3.16. The number of aryl methyl sites for hydroxylation is 1. The lowest BCUT2D eigenvalue weighted by Crippen LogP contribution is -2.31. The van der Waals surface area contributed by atoms with Crippen molar-refractivity contribution in [3.63, 3.8) is 0 Å². The Morgan fingerprint density at radius 2 is 1.92 bits per heavy atom. The van der Waals surface area contributed by atoms with Crippen LogP contribution in [0.25, 0.3) is 0 Å². The van der Waals surface area contributed by atoms with Crippen molar-refractivity contribution in [3.05, 3.63) is 47.5 Å². The van der Waals surface area contributed by atoms with Gasteiger partial charge in [0.1, 0.15) is 11.5 Å². The molecular formula is C18H21N3O5. The van der Waals surface area contributed by atoms with Crippen molar-refractivity contribution in [1.29, 1.82) is 0 Å². The monoisotopic (exact) mass is 359 g/mol. The molecule has 0 aliphatic carbocycles. The molecule has 1 heterocycles. The van der Waals surface area contributed by atoms with Gasteiger partial charge in [0.25, 0.3) is 5.91 Å². The number of esters is 1. The Labute approximate surface area is 151 Å². The van der Waals surface area contributed by atoms with Gasteiger partial charge in [-0.15, -0.1) is 0 Å². The summed E-state index contributed by atoms with van der Waals surface area (Å²) in [6.07, 6.45) is 2.76. The normalized spacial score (nSPS) is 11.4. The van der Waals surface area contributed by atoms with Crippen LogP contribution in [-0.2, 0) is 9.53 Å². The van der Waals surface area contributed by atoms with Crippen LogP contribution in [-0.4, -0.2) is 42.7 Å². The first-order valence-electron chi connectivity index (χ1n) is 7.91. The first-order valence-corrected chi connectivity index (χ1v) is 7.91. The molecule has 1 N–H and O–H groups in total. The van der Waals surface area contributed by atoms with E-state index in [1.165, 1.54) is 12.4 Å². The van der Waals surface area contributed by atoms with Gasteiger partial charge in [-0.25, -0.2) is 9.78 Å². The van der Waals surface area contributed by atoms with Crippen LogP contribution in [0.4, 0.5) is 0 Å². The highest BCUT2D eigenvalue weighted by molar-refractivity contribution is 5.89. The molecule has 0 unspecified atom stereocenters. The molecule has 0 spiro atoms. The van der Waals surface area contributed by atoms with Crippen molar-refractivity contribution >= 4 is 11.9 Å². The van der Waals surface area contributed by atoms with Gasteiger partial charge in [0.05, 0.1) is 32.2 Å². The van der Waals surface area contributed by atoms with Crippen LogP contribution >= 0.6 is 0 Å². The summed E-state index contributed by atoms with van der Waals surface area (Å²) in [5, 5.41) is 2.75. The Morgan fingerprint density at radius 1 is 1.15 bits per heavy atom. The summed E-state index contributed by atoms with van der Waals surface area (Å²) in [5.41, 5.74) is 1.47. The maximum Gasteiger partial charge on any atom is 0.359 e. The first kappa shape index (κ1) is 19.2. The molecule has 1 amide bonds. The average Bonchev–Trinajstić information content (AvgIpc) is 2.66. The van der Waals surface area contributed by atoms with Gasteiger partial charge in [-0.2, -0.15) is 0 Å². The number of carbonyl (C=O) groups excluding carboxylic acids is 2. The van der Waals surface area contributed by atoms with Gasteiger partial charge < -0.3 is 19.5 Å². The fourth-order valence-electron chi connectivity index (χ4n) is 2.24. The van der Waals surface area contributed by atoms with Crippen LogP contribution in [0.15, 0.2) is 30.6 Å². The van der Waals surface area contributed by atoms with Gasteiger partial charge in [0.2, 0.25) is 0 Å². The van der Waals surface area contributed by atoms with Crippen LogP contribution in [0.2, 0.25) is 0 Å². The number of nitrogens with zero attached hydrogens (tertiary/aromatic N) is 2. The Balaban J connectivity index is 1.95. The minimum atomic E-state index is -0.709. The van der Waals surface area contributed by atoms with Gasteiger partial charge in [-0.05, 0) is 32.0 Å². The first-order chi connectivity index (χ1) is 12.4. The van der Waals surface area contributed by atoms with E-state index in [0.29, 0.717) is 17.2 Å². The lowest BCUT2D eigenvalue weighted by molar-refractivity contribution is -0.124. The molecule has 1 aromatic heterocycles. The van der Waals surface area contributed by atoms with E-state index in [-0.39, 0.29) is 11.7 Å². The Bertz CT molecular complexity index is 777. The third-order valence-corrected chi connectivity index (χ3v) is 3.61. The number of methoxy groups -OCH3 is 2. The zero-order chi connectivity index (χ0) is 19.1. The molecule has 138 valence electrons. The maximum absolute atomic E-state index is 12.1. The second kappa shape index (κ2) is 8.80. The van der Waals surface area contributed by atoms with Gasteiger partial charge in [0, 0.05) is 11.8 Å². The van der Waals surface area contributed by atoms with E-state index < -0.39 is 18.5 Å². The highest BCUT2D eigenvalue weighted by Crippen LogP contribution is 2.29. The third kappa shape index (κ3) is 4.92. The van der Waals surface area contributed by atoms with Crippen LogP contribution < -0.4 is 14.8 Å². The smallest absolute Gasteiger partial charge is 0.359 e. The predicted octanol–water partition coefficient (Wildman–Crippen LogP) is 1.84. The number of hydrogen-bond acceptors (Lipinski definition) is 7. The summed E-state index contributed by atoms with van der Waals surface area (Å²) >= 11 is 0. The highest BCUT2D eigenvalue weighted by atomic mass is 16.5. The van der Waals surface area contributed by atoms with Crippen LogP contribution in [0, 0.1) is 6.92 Å². The van der Waals surface area contributed by atoms with Crippen molar-refractivity contribution in [1.82, 2.24) is 15.3 Å². The molecule has 0 fully saturated rings. The number of carbonyl (C=O) groups is 2. The number of ether oxygens (including phenoxy) is 3. The molecule has 8 heteroatoms. The second-order valence-electron chi connectivity index (χ2n) is 5.52. The largest absolute Gasteiger partial charge is 0.497 e. The average molecular weight is 359 g/mol. The Morgan fingerprint density at radius 3 is 2.54 bits per heavy atom. The van der Waals surface area contributed by atoms with E-state index in [9.17, 15) is 9.59 Å². The molecular weight excluding hydrogens is 338 g/mol. The standard InChI is InChI=1S/C18H21N3O5/c1-11-8-20-15(9-19-11)18(23)26-10-17(22)21-12(2)14-7-13(24-3)5-6-16(14)25-4/h5-9,12H,10H2,1-4H3,(H,21,22)/t12-/m0/s1. The predicted molar refractivity (Wildman–Crippen MR) is 93.2 cm³/mol. The van der Waals surface area contributed by atoms with Gasteiger partial charge in [-0.3, -0.25) is 9.78 Å². The second-order valence-corrected chi connectivity index (χ2v) is 5.52. The zero-order valence-corrected chi connectivity index (χ0v) is 15.1.